The molecule has 1 nitrogen and oxygen atoms in total. The van der Waals surface area contributed by atoms with E-state index in [0.717, 1.165) is 19.4 Å². The number of rotatable bonds is 3. The standard InChI is InChI=1S/C17H19N/c1-14(8-3-2-6-13-18)16-12-7-10-15-9-4-5-11-17(15)16/h4-5,7,9-12,14H,2,6,13,18H2,1H3/t14-/m1/s1. The van der Waals surface area contributed by atoms with Crippen LogP contribution in [0.2, 0.25) is 0 Å². The van der Waals surface area contributed by atoms with Gasteiger partial charge in [-0.2, -0.15) is 0 Å². The maximum Gasteiger partial charge on any atom is 0.0430 e. The van der Waals surface area contributed by atoms with Gasteiger partial charge in [0.25, 0.3) is 0 Å². The van der Waals surface area contributed by atoms with Crippen molar-refractivity contribution in [3.63, 3.8) is 0 Å². The molecular formula is C17H19N. The van der Waals surface area contributed by atoms with Gasteiger partial charge >= 0.3 is 0 Å². The van der Waals surface area contributed by atoms with Crippen LogP contribution in [0, 0.1) is 11.8 Å². The van der Waals surface area contributed by atoms with E-state index < -0.39 is 0 Å². The molecule has 0 fully saturated rings. The summed E-state index contributed by atoms with van der Waals surface area (Å²) < 4.78 is 0. The van der Waals surface area contributed by atoms with Crippen LogP contribution < -0.4 is 5.73 Å². The molecule has 0 radical (unpaired) electrons. The predicted octanol–water partition coefficient (Wildman–Crippen LogP) is 3.69. The highest BCUT2D eigenvalue weighted by atomic mass is 14.5. The smallest absolute Gasteiger partial charge is 0.0430 e. The Kier molecular flexibility index (Phi) is 4.39. The molecule has 0 aliphatic carbocycles. The average molecular weight is 237 g/mol. The molecule has 0 aromatic heterocycles. The minimum atomic E-state index is 0.272. The predicted molar refractivity (Wildman–Crippen MR) is 78.4 cm³/mol. The molecule has 0 saturated heterocycles. The summed E-state index contributed by atoms with van der Waals surface area (Å²) in [6.07, 6.45) is 1.88. The molecule has 0 aliphatic heterocycles. The van der Waals surface area contributed by atoms with Crippen LogP contribution in [0.5, 0.6) is 0 Å². The zero-order valence-corrected chi connectivity index (χ0v) is 10.8. The third-order valence-corrected chi connectivity index (χ3v) is 3.11. The Morgan fingerprint density at radius 3 is 2.72 bits per heavy atom. The van der Waals surface area contributed by atoms with E-state index in [0.29, 0.717) is 0 Å². The first-order chi connectivity index (χ1) is 8.83. The Labute approximate surface area is 109 Å². The van der Waals surface area contributed by atoms with Crippen molar-refractivity contribution in [3.05, 3.63) is 48.0 Å². The Balaban J connectivity index is 2.26. The summed E-state index contributed by atoms with van der Waals surface area (Å²) >= 11 is 0. The first kappa shape index (κ1) is 12.7. The Hall–Kier alpha value is -1.78. The van der Waals surface area contributed by atoms with Gasteiger partial charge in [0.1, 0.15) is 0 Å². The van der Waals surface area contributed by atoms with E-state index in [1.54, 1.807) is 0 Å². The number of nitrogens with two attached hydrogens (primary N) is 1. The summed E-state index contributed by atoms with van der Waals surface area (Å²) in [7, 11) is 0. The van der Waals surface area contributed by atoms with Crippen LogP contribution in [0.1, 0.15) is 31.2 Å². The highest BCUT2D eigenvalue weighted by Crippen LogP contribution is 2.24. The Bertz CT molecular complexity index is 569. The summed E-state index contributed by atoms with van der Waals surface area (Å²) in [5.41, 5.74) is 6.78. The molecular weight excluding hydrogens is 218 g/mol. The molecule has 1 atom stereocenters. The van der Waals surface area contributed by atoms with E-state index in [-0.39, 0.29) is 5.92 Å². The number of fused-ring (bicyclic) bond motifs is 1. The molecule has 92 valence electrons. The molecule has 0 amide bonds. The maximum atomic E-state index is 5.46. The second kappa shape index (κ2) is 6.23. The van der Waals surface area contributed by atoms with E-state index in [9.17, 15) is 0 Å². The van der Waals surface area contributed by atoms with E-state index >= 15 is 0 Å². The zero-order valence-electron chi connectivity index (χ0n) is 10.8. The van der Waals surface area contributed by atoms with Gasteiger partial charge in [-0.1, -0.05) is 48.4 Å². The van der Waals surface area contributed by atoms with Crippen molar-refractivity contribution in [3.8, 4) is 11.8 Å². The molecule has 0 aliphatic rings. The van der Waals surface area contributed by atoms with Crippen molar-refractivity contribution in [2.45, 2.75) is 25.7 Å². The molecule has 1 heteroatoms. The lowest BCUT2D eigenvalue weighted by Gasteiger charge is -2.08. The van der Waals surface area contributed by atoms with E-state index in [1.165, 1.54) is 16.3 Å². The van der Waals surface area contributed by atoms with Crippen LogP contribution in [0.25, 0.3) is 10.8 Å². The summed E-state index contributed by atoms with van der Waals surface area (Å²) in [6.45, 7) is 2.88. The molecule has 2 rings (SSSR count). The highest BCUT2D eigenvalue weighted by Gasteiger charge is 2.05. The minimum absolute atomic E-state index is 0.272. The third kappa shape index (κ3) is 2.91. The van der Waals surface area contributed by atoms with Crippen molar-refractivity contribution >= 4 is 10.8 Å². The van der Waals surface area contributed by atoms with Crippen LogP contribution >= 0.6 is 0 Å². The summed E-state index contributed by atoms with van der Waals surface area (Å²) in [4.78, 5) is 0. The first-order valence-electron chi connectivity index (χ1n) is 6.49. The fourth-order valence-electron chi connectivity index (χ4n) is 2.12. The van der Waals surface area contributed by atoms with Crippen LogP contribution in [0.3, 0.4) is 0 Å². The largest absolute Gasteiger partial charge is 0.330 e. The lowest BCUT2D eigenvalue weighted by atomic mass is 9.95. The molecule has 18 heavy (non-hydrogen) atoms. The monoisotopic (exact) mass is 237 g/mol. The summed E-state index contributed by atoms with van der Waals surface area (Å²) in [5.74, 6) is 6.81. The third-order valence-electron chi connectivity index (χ3n) is 3.11. The molecule has 0 unspecified atom stereocenters. The van der Waals surface area contributed by atoms with Gasteiger partial charge in [0, 0.05) is 12.3 Å². The molecule has 0 saturated carbocycles. The van der Waals surface area contributed by atoms with Gasteiger partial charge in [-0.3, -0.25) is 0 Å². The summed E-state index contributed by atoms with van der Waals surface area (Å²) in [5, 5.41) is 2.59. The molecule has 2 N–H and O–H groups in total. The van der Waals surface area contributed by atoms with Crippen molar-refractivity contribution in [1.82, 2.24) is 0 Å². The second-order valence-corrected chi connectivity index (χ2v) is 4.50. The fourth-order valence-corrected chi connectivity index (χ4v) is 2.12. The van der Waals surface area contributed by atoms with E-state index in [1.807, 2.05) is 0 Å². The van der Waals surface area contributed by atoms with Crippen molar-refractivity contribution < 1.29 is 0 Å². The van der Waals surface area contributed by atoms with Crippen LogP contribution in [-0.2, 0) is 0 Å². The number of benzene rings is 2. The van der Waals surface area contributed by atoms with Gasteiger partial charge in [0.05, 0.1) is 0 Å². The van der Waals surface area contributed by atoms with E-state index in [2.05, 4.69) is 61.2 Å². The molecule has 0 heterocycles. The quantitative estimate of drug-likeness (QED) is 0.639. The minimum Gasteiger partial charge on any atom is -0.330 e. The Morgan fingerprint density at radius 2 is 1.89 bits per heavy atom. The summed E-state index contributed by atoms with van der Waals surface area (Å²) in [6, 6.07) is 14.9. The van der Waals surface area contributed by atoms with Gasteiger partial charge in [-0.15, -0.1) is 5.92 Å². The average Bonchev–Trinajstić information content (AvgIpc) is 2.43. The SMILES string of the molecule is C[C@H](C#CCCCN)c1cccc2ccccc12. The second-order valence-electron chi connectivity index (χ2n) is 4.50. The normalized spacial score (nSPS) is 11.9. The molecule has 2 aromatic rings. The fraction of sp³-hybridized carbons (Fsp3) is 0.294. The van der Waals surface area contributed by atoms with Crippen LogP contribution in [0.15, 0.2) is 42.5 Å². The number of unbranched alkanes of at least 4 members (excludes halogenated alkanes) is 1. The Morgan fingerprint density at radius 1 is 1.11 bits per heavy atom. The maximum absolute atomic E-state index is 5.46. The first-order valence-corrected chi connectivity index (χ1v) is 6.49. The van der Waals surface area contributed by atoms with Crippen LogP contribution in [-0.4, -0.2) is 6.54 Å². The number of hydrogen-bond donors (Lipinski definition) is 1. The van der Waals surface area contributed by atoms with Crippen molar-refractivity contribution in [1.29, 1.82) is 0 Å². The molecule has 0 bridgehead atoms. The van der Waals surface area contributed by atoms with Gasteiger partial charge in [-0.25, -0.2) is 0 Å². The zero-order chi connectivity index (χ0) is 12.8. The van der Waals surface area contributed by atoms with Crippen molar-refractivity contribution in [2.24, 2.45) is 5.73 Å². The number of hydrogen-bond acceptors (Lipinski definition) is 1. The molecule has 2 aromatic carbocycles. The van der Waals surface area contributed by atoms with Gasteiger partial charge in [0.15, 0.2) is 0 Å². The van der Waals surface area contributed by atoms with Crippen molar-refractivity contribution in [2.75, 3.05) is 6.54 Å². The van der Waals surface area contributed by atoms with Crippen LogP contribution in [0.4, 0.5) is 0 Å². The topological polar surface area (TPSA) is 26.0 Å². The van der Waals surface area contributed by atoms with Gasteiger partial charge in [0.2, 0.25) is 0 Å². The van der Waals surface area contributed by atoms with E-state index in [4.69, 9.17) is 5.73 Å². The lowest BCUT2D eigenvalue weighted by molar-refractivity contribution is 0.867. The highest BCUT2D eigenvalue weighted by molar-refractivity contribution is 5.86. The molecule has 0 spiro atoms. The lowest BCUT2D eigenvalue weighted by Crippen LogP contribution is -1.97. The van der Waals surface area contributed by atoms with Gasteiger partial charge < -0.3 is 5.73 Å². The van der Waals surface area contributed by atoms with Gasteiger partial charge in [-0.05, 0) is 36.2 Å².